The Balaban J connectivity index is 2.28. The summed E-state index contributed by atoms with van der Waals surface area (Å²) >= 11 is 0. The molecule has 0 spiro atoms. The zero-order valence-corrected chi connectivity index (χ0v) is 13.9. The maximum Gasteiger partial charge on any atom is 0.337 e. The minimum absolute atomic E-state index is 0.372. The molecular weight excluding hydrogens is 296 g/mol. The standard InChI is InChI=1S/C18H22O5/c1-18(22-4)15(20-2)10-14(17(19)21-3)11-16(18)23-12-13-8-6-5-7-9-13/h5-11,15H,12H2,1-4H3. The van der Waals surface area contributed by atoms with Crippen molar-refractivity contribution in [2.45, 2.75) is 25.2 Å². The summed E-state index contributed by atoms with van der Waals surface area (Å²) in [5.74, 6) is 0.0876. The van der Waals surface area contributed by atoms with Gasteiger partial charge in [0.15, 0.2) is 5.60 Å². The van der Waals surface area contributed by atoms with Crippen LogP contribution in [0, 0.1) is 0 Å². The highest BCUT2D eigenvalue weighted by Gasteiger charge is 2.42. The number of carbonyl (C=O) groups excluding carboxylic acids is 1. The van der Waals surface area contributed by atoms with Crippen molar-refractivity contribution in [2.75, 3.05) is 21.3 Å². The molecule has 0 saturated heterocycles. The average Bonchev–Trinajstić information content (AvgIpc) is 2.60. The summed E-state index contributed by atoms with van der Waals surface area (Å²) in [5.41, 5.74) is 0.591. The summed E-state index contributed by atoms with van der Waals surface area (Å²) in [5, 5.41) is 0. The van der Waals surface area contributed by atoms with Crippen molar-refractivity contribution in [3.8, 4) is 0 Å². The van der Waals surface area contributed by atoms with Crippen molar-refractivity contribution < 1.29 is 23.7 Å². The Bertz CT molecular complexity index is 605. The number of esters is 1. The number of ether oxygens (including phenoxy) is 4. The van der Waals surface area contributed by atoms with Gasteiger partial charge in [-0.25, -0.2) is 4.79 Å². The van der Waals surface area contributed by atoms with E-state index in [1.165, 1.54) is 7.11 Å². The van der Waals surface area contributed by atoms with Gasteiger partial charge in [-0.2, -0.15) is 0 Å². The van der Waals surface area contributed by atoms with Gasteiger partial charge in [-0.05, 0) is 24.6 Å². The molecule has 5 heteroatoms. The van der Waals surface area contributed by atoms with Gasteiger partial charge in [0, 0.05) is 14.2 Å². The number of benzene rings is 1. The van der Waals surface area contributed by atoms with Gasteiger partial charge < -0.3 is 18.9 Å². The van der Waals surface area contributed by atoms with Crippen LogP contribution in [0.25, 0.3) is 0 Å². The quantitative estimate of drug-likeness (QED) is 0.755. The molecule has 0 amide bonds. The van der Waals surface area contributed by atoms with Gasteiger partial charge in [-0.1, -0.05) is 30.3 Å². The van der Waals surface area contributed by atoms with Gasteiger partial charge in [-0.3, -0.25) is 0 Å². The summed E-state index contributed by atoms with van der Waals surface area (Å²) in [6, 6.07) is 9.78. The van der Waals surface area contributed by atoms with Gasteiger partial charge in [0.2, 0.25) is 0 Å². The van der Waals surface area contributed by atoms with Crippen LogP contribution in [0.1, 0.15) is 12.5 Å². The first-order valence-corrected chi connectivity index (χ1v) is 7.32. The minimum Gasteiger partial charge on any atom is -0.490 e. The second kappa shape index (κ2) is 7.44. The minimum atomic E-state index is -0.818. The van der Waals surface area contributed by atoms with Crippen molar-refractivity contribution in [3.05, 3.63) is 59.4 Å². The monoisotopic (exact) mass is 318 g/mol. The molecule has 2 atom stereocenters. The van der Waals surface area contributed by atoms with Crippen LogP contribution in [0.3, 0.4) is 0 Å². The first-order valence-electron chi connectivity index (χ1n) is 7.32. The molecule has 0 aliphatic heterocycles. The predicted octanol–water partition coefficient (Wildman–Crippen LogP) is 2.62. The van der Waals surface area contributed by atoms with E-state index in [0.717, 1.165) is 5.56 Å². The number of rotatable bonds is 6. The smallest absolute Gasteiger partial charge is 0.337 e. The lowest BCUT2D eigenvalue weighted by molar-refractivity contribution is -0.136. The predicted molar refractivity (Wildman–Crippen MR) is 85.6 cm³/mol. The average molecular weight is 318 g/mol. The van der Waals surface area contributed by atoms with Crippen LogP contribution in [0.2, 0.25) is 0 Å². The molecule has 0 radical (unpaired) electrons. The van der Waals surface area contributed by atoms with Crippen molar-refractivity contribution in [1.82, 2.24) is 0 Å². The normalized spacial score (nSPS) is 23.7. The Labute approximate surface area is 136 Å². The van der Waals surface area contributed by atoms with Crippen LogP contribution < -0.4 is 0 Å². The fourth-order valence-corrected chi connectivity index (χ4v) is 2.47. The molecule has 1 aliphatic rings. The van der Waals surface area contributed by atoms with Crippen LogP contribution in [0.5, 0.6) is 0 Å². The van der Waals surface area contributed by atoms with Crippen molar-refractivity contribution >= 4 is 5.97 Å². The van der Waals surface area contributed by atoms with Crippen LogP contribution in [-0.4, -0.2) is 39.0 Å². The molecule has 1 aliphatic carbocycles. The molecule has 2 rings (SSSR count). The molecule has 0 fully saturated rings. The van der Waals surface area contributed by atoms with Crippen molar-refractivity contribution in [2.24, 2.45) is 0 Å². The fraction of sp³-hybridized carbons (Fsp3) is 0.389. The Morgan fingerprint density at radius 2 is 1.87 bits per heavy atom. The highest BCUT2D eigenvalue weighted by molar-refractivity contribution is 5.92. The molecule has 0 heterocycles. The lowest BCUT2D eigenvalue weighted by Gasteiger charge is -2.38. The first kappa shape index (κ1) is 17.2. The molecule has 23 heavy (non-hydrogen) atoms. The summed E-state index contributed by atoms with van der Waals surface area (Å²) in [7, 11) is 4.49. The third-order valence-electron chi connectivity index (χ3n) is 3.99. The van der Waals surface area contributed by atoms with Gasteiger partial charge in [0.05, 0.1) is 12.7 Å². The first-order chi connectivity index (χ1) is 11.0. The molecule has 1 aromatic rings. The summed E-state index contributed by atoms with van der Waals surface area (Å²) in [4.78, 5) is 11.9. The molecule has 1 aromatic carbocycles. The Morgan fingerprint density at radius 1 is 1.17 bits per heavy atom. The van der Waals surface area contributed by atoms with E-state index < -0.39 is 17.7 Å². The number of hydrogen-bond donors (Lipinski definition) is 0. The Kier molecular flexibility index (Phi) is 5.58. The van der Waals surface area contributed by atoms with E-state index in [1.807, 2.05) is 37.3 Å². The van der Waals surface area contributed by atoms with E-state index in [4.69, 9.17) is 18.9 Å². The number of carbonyl (C=O) groups is 1. The van der Waals surface area contributed by atoms with E-state index in [0.29, 0.717) is 17.9 Å². The number of methoxy groups -OCH3 is 3. The molecule has 0 aromatic heterocycles. The van der Waals surface area contributed by atoms with E-state index in [1.54, 1.807) is 26.4 Å². The maximum atomic E-state index is 11.9. The summed E-state index contributed by atoms with van der Waals surface area (Å²) < 4.78 is 21.8. The van der Waals surface area contributed by atoms with Gasteiger partial charge >= 0.3 is 5.97 Å². The second-order valence-corrected chi connectivity index (χ2v) is 5.36. The van der Waals surface area contributed by atoms with Crippen LogP contribution in [0.4, 0.5) is 0 Å². The largest absolute Gasteiger partial charge is 0.490 e. The van der Waals surface area contributed by atoms with Gasteiger partial charge in [0.25, 0.3) is 0 Å². The summed E-state index contributed by atoms with van der Waals surface area (Å²) in [6.45, 7) is 2.24. The highest BCUT2D eigenvalue weighted by atomic mass is 16.6. The van der Waals surface area contributed by atoms with Crippen molar-refractivity contribution in [3.63, 3.8) is 0 Å². The lowest BCUT2D eigenvalue weighted by atomic mass is 9.88. The molecule has 124 valence electrons. The fourth-order valence-electron chi connectivity index (χ4n) is 2.47. The molecular formula is C18H22O5. The van der Waals surface area contributed by atoms with E-state index in [9.17, 15) is 4.79 Å². The highest BCUT2D eigenvalue weighted by Crippen LogP contribution is 2.34. The molecule has 5 nitrogen and oxygen atoms in total. The molecule has 0 bridgehead atoms. The van der Waals surface area contributed by atoms with E-state index in [2.05, 4.69) is 0 Å². The van der Waals surface area contributed by atoms with Crippen molar-refractivity contribution in [1.29, 1.82) is 0 Å². The number of hydrogen-bond acceptors (Lipinski definition) is 5. The molecule has 0 N–H and O–H groups in total. The second-order valence-electron chi connectivity index (χ2n) is 5.36. The van der Waals surface area contributed by atoms with Crippen LogP contribution >= 0.6 is 0 Å². The topological polar surface area (TPSA) is 54.0 Å². The summed E-state index contributed by atoms with van der Waals surface area (Å²) in [6.07, 6.45) is 2.87. The SMILES string of the molecule is COC(=O)C1=CC(OC)C(C)(OC)C(OCc2ccccc2)=C1. The maximum absolute atomic E-state index is 11.9. The van der Waals surface area contributed by atoms with Crippen LogP contribution in [-0.2, 0) is 30.3 Å². The third kappa shape index (κ3) is 3.63. The van der Waals surface area contributed by atoms with E-state index >= 15 is 0 Å². The zero-order valence-electron chi connectivity index (χ0n) is 13.9. The van der Waals surface area contributed by atoms with Gasteiger partial charge in [0.1, 0.15) is 18.5 Å². The zero-order chi connectivity index (χ0) is 16.9. The molecule has 2 unspecified atom stereocenters. The van der Waals surface area contributed by atoms with Gasteiger partial charge in [-0.15, -0.1) is 0 Å². The van der Waals surface area contributed by atoms with Crippen LogP contribution in [0.15, 0.2) is 53.8 Å². The Hall–Kier alpha value is -2.11. The lowest BCUT2D eigenvalue weighted by Crippen LogP contribution is -2.46. The molecule has 0 saturated carbocycles. The third-order valence-corrected chi connectivity index (χ3v) is 3.99. The van der Waals surface area contributed by atoms with E-state index in [-0.39, 0.29) is 0 Å². The Morgan fingerprint density at radius 3 is 2.43 bits per heavy atom.